The van der Waals surface area contributed by atoms with Crippen LogP contribution in [0, 0.1) is 0 Å². The second-order valence-electron chi connectivity index (χ2n) is 4.31. The van der Waals surface area contributed by atoms with Gasteiger partial charge < -0.3 is 9.64 Å². The molecule has 1 aromatic rings. The molecule has 0 N–H and O–H groups in total. The summed E-state index contributed by atoms with van der Waals surface area (Å²) in [6.07, 6.45) is 0. The maximum atomic E-state index is 5.93. The molecule has 0 fully saturated rings. The van der Waals surface area contributed by atoms with Crippen molar-refractivity contribution in [2.75, 3.05) is 18.5 Å². The lowest BCUT2D eigenvalue weighted by molar-refractivity contribution is 0.106. The molecule has 2 nitrogen and oxygen atoms in total. The first-order chi connectivity index (χ1) is 6.49. The number of rotatable bonds is 0. The van der Waals surface area contributed by atoms with Gasteiger partial charge in [0.25, 0.3) is 0 Å². The normalized spacial score (nSPS) is 18.7. The third kappa shape index (κ3) is 1.61. The fourth-order valence-electron chi connectivity index (χ4n) is 1.86. The van der Waals surface area contributed by atoms with E-state index in [1.165, 1.54) is 0 Å². The van der Waals surface area contributed by atoms with Crippen LogP contribution >= 0.6 is 15.9 Å². The van der Waals surface area contributed by atoms with Crippen molar-refractivity contribution in [2.24, 2.45) is 0 Å². The number of anilines is 1. The SMILES string of the molecule is CN1CC(C)(C)Oc2c(Br)cccc21. The summed E-state index contributed by atoms with van der Waals surface area (Å²) in [7, 11) is 2.09. The highest BCUT2D eigenvalue weighted by molar-refractivity contribution is 9.10. The Bertz CT molecular complexity index is 362. The summed E-state index contributed by atoms with van der Waals surface area (Å²) >= 11 is 3.51. The van der Waals surface area contributed by atoms with E-state index < -0.39 is 0 Å². The van der Waals surface area contributed by atoms with E-state index in [2.05, 4.69) is 47.8 Å². The van der Waals surface area contributed by atoms with Crippen LogP contribution in [0.1, 0.15) is 13.8 Å². The molecule has 0 aromatic heterocycles. The third-order valence-electron chi connectivity index (χ3n) is 2.35. The molecule has 0 spiro atoms. The van der Waals surface area contributed by atoms with Crippen molar-refractivity contribution < 1.29 is 4.74 Å². The first-order valence-corrected chi connectivity index (χ1v) is 5.47. The molecule has 3 heteroatoms. The zero-order valence-electron chi connectivity index (χ0n) is 8.67. The third-order valence-corrected chi connectivity index (χ3v) is 2.98. The van der Waals surface area contributed by atoms with E-state index in [1.54, 1.807) is 0 Å². The summed E-state index contributed by atoms with van der Waals surface area (Å²) in [5.74, 6) is 0.950. The maximum absolute atomic E-state index is 5.93. The molecule has 1 aliphatic heterocycles. The van der Waals surface area contributed by atoms with E-state index in [4.69, 9.17) is 4.74 Å². The van der Waals surface area contributed by atoms with E-state index in [0.29, 0.717) is 0 Å². The summed E-state index contributed by atoms with van der Waals surface area (Å²) in [6, 6.07) is 6.12. The monoisotopic (exact) mass is 255 g/mol. The number of ether oxygens (including phenoxy) is 1. The number of likely N-dealkylation sites (N-methyl/N-ethyl adjacent to an activating group) is 1. The van der Waals surface area contributed by atoms with E-state index in [1.807, 2.05) is 12.1 Å². The first-order valence-electron chi connectivity index (χ1n) is 4.68. The van der Waals surface area contributed by atoms with Crippen molar-refractivity contribution in [2.45, 2.75) is 19.4 Å². The number of fused-ring (bicyclic) bond motifs is 1. The van der Waals surface area contributed by atoms with Crippen LogP contribution in [0.5, 0.6) is 5.75 Å². The number of hydrogen-bond donors (Lipinski definition) is 0. The summed E-state index contributed by atoms with van der Waals surface area (Å²) in [4.78, 5) is 2.23. The van der Waals surface area contributed by atoms with Crippen molar-refractivity contribution in [1.29, 1.82) is 0 Å². The van der Waals surface area contributed by atoms with Gasteiger partial charge in [0.05, 0.1) is 16.7 Å². The van der Waals surface area contributed by atoms with E-state index in [-0.39, 0.29) is 5.60 Å². The van der Waals surface area contributed by atoms with Crippen molar-refractivity contribution >= 4 is 21.6 Å². The number of benzene rings is 1. The Hall–Kier alpha value is -0.700. The van der Waals surface area contributed by atoms with Crippen LogP contribution in [0.2, 0.25) is 0 Å². The fraction of sp³-hybridized carbons (Fsp3) is 0.455. The molecule has 76 valence electrons. The van der Waals surface area contributed by atoms with Crippen LogP contribution in [0.25, 0.3) is 0 Å². The van der Waals surface area contributed by atoms with Crippen molar-refractivity contribution in [1.82, 2.24) is 0 Å². The van der Waals surface area contributed by atoms with Crippen LogP contribution in [0.4, 0.5) is 5.69 Å². The number of halogens is 1. The summed E-state index contributed by atoms with van der Waals surface area (Å²) in [5.41, 5.74) is 1.03. The number of nitrogens with zero attached hydrogens (tertiary/aromatic N) is 1. The molecule has 0 amide bonds. The molecular weight excluding hydrogens is 242 g/mol. The van der Waals surface area contributed by atoms with E-state index >= 15 is 0 Å². The second kappa shape index (κ2) is 3.16. The fourth-order valence-corrected chi connectivity index (χ4v) is 2.30. The van der Waals surface area contributed by atoms with E-state index in [0.717, 1.165) is 22.5 Å². The molecular formula is C11H14BrNO. The highest BCUT2D eigenvalue weighted by Gasteiger charge is 2.30. The van der Waals surface area contributed by atoms with Gasteiger partial charge in [-0.2, -0.15) is 0 Å². The van der Waals surface area contributed by atoms with Crippen LogP contribution < -0.4 is 9.64 Å². The molecule has 0 bridgehead atoms. The quantitative estimate of drug-likeness (QED) is 0.707. The molecule has 14 heavy (non-hydrogen) atoms. The Morgan fingerprint density at radius 1 is 1.43 bits per heavy atom. The molecule has 2 rings (SSSR count). The standard InChI is InChI=1S/C11H14BrNO/c1-11(2)7-13(3)9-6-4-5-8(12)10(9)14-11/h4-6H,7H2,1-3H3. The molecule has 1 heterocycles. The largest absolute Gasteiger partial charge is 0.483 e. The van der Waals surface area contributed by atoms with Crippen LogP contribution in [0.3, 0.4) is 0 Å². The predicted octanol–water partition coefficient (Wildman–Crippen LogP) is 3.06. The van der Waals surface area contributed by atoms with Crippen molar-refractivity contribution in [3.05, 3.63) is 22.7 Å². The Balaban J connectivity index is 2.51. The smallest absolute Gasteiger partial charge is 0.157 e. The van der Waals surface area contributed by atoms with Gasteiger partial charge in [0.15, 0.2) is 5.75 Å². The Morgan fingerprint density at radius 3 is 2.86 bits per heavy atom. The minimum absolute atomic E-state index is 0.119. The molecule has 0 aliphatic carbocycles. The average molecular weight is 256 g/mol. The Morgan fingerprint density at radius 2 is 2.14 bits per heavy atom. The van der Waals surface area contributed by atoms with Gasteiger partial charge in [0.1, 0.15) is 5.60 Å². The molecule has 0 saturated carbocycles. The van der Waals surface area contributed by atoms with Gasteiger partial charge in [0.2, 0.25) is 0 Å². The van der Waals surface area contributed by atoms with Crippen LogP contribution in [-0.2, 0) is 0 Å². The minimum atomic E-state index is -0.119. The number of hydrogen-bond acceptors (Lipinski definition) is 2. The molecule has 0 atom stereocenters. The van der Waals surface area contributed by atoms with Gasteiger partial charge in [-0.1, -0.05) is 6.07 Å². The first kappa shape index (κ1) is 9.84. The van der Waals surface area contributed by atoms with Gasteiger partial charge in [0, 0.05) is 7.05 Å². The molecule has 0 radical (unpaired) electrons. The van der Waals surface area contributed by atoms with Crippen LogP contribution in [-0.4, -0.2) is 19.2 Å². The highest BCUT2D eigenvalue weighted by Crippen LogP contribution is 2.41. The van der Waals surface area contributed by atoms with Crippen molar-refractivity contribution in [3.8, 4) is 5.75 Å². The summed E-state index contributed by atoms with van der Waals surface area (Å²) in [6.45, 7) is 5.12. The molecule has 1 aliphatic rings. The van der Waals surface area contributed by atoms with Gasteiger partial charge in [-0.15, -0.1) is 0 Å². The summed E-state index contributed by atoms with van der Waals surface area (Å²) in [5, 5.41) is 0. The van der Waals surface area contributed by atoms with Crippen molar-refractivity contribution in [3.63, 3.8) is 0 Å². The highest BCUT2D eigenvalue weighted by atomic mass is 79.9. The van der Waals surface area contributed by atoms with Gasteiger partial charge in [-0.3, -0.25) is 0 Å². The summed E-state index contributed by atoms with van der Waals surface area (Å²) < 4.78 is 6.95. The number of para-hydroxylation sites is 1. The average Bonchev–Trinajstić information content (AvgIpc) is 2.05. The Labute approximate surface area is 93.0 Å². The topological polar surface area (TPSA) is 12.5 Å². The van der Waals surface area contributed by atoms with Crippen LogP contribution in [0.15, 0.2) is 22.7 Å². The molecule has 0 unspecified atom stereocenters. The zero-order chi connectivity index (χ0) is 10.3. The molecule has 0 saturated heterocycles. The van der Waals surface area contributed by atoms with E-state index in [9.17, 15) is 0 Å². The molecule has 1 aromatic carbocycles. The van der Waals surface area contributed by atoms with Gasteiger partial charge in [-0.25, -0.2) is 0 Å². The van der Waals surface area contributed by atoms with Gasteiger partial charge >= 0.3 is 0 Å². The Kier molecular flexibility index (Phi) is 2.22. The van der Waals surface area contributed by atoms with Gasteiger partial charge in [-0.05, 0) is 41.9 Å². The minimum Gasteiger partial charge on any atom is -0.483 e. The second-order valence-corrected chi connectivity index (χ2v) is 5.16. The lowest BCUT2D eigenvalue weighted by atomic mass is 10.1. The maximum Gasteiger partial charge on any atom is 0.157 e. The lowest BCUT2D eigenvalue weighted by Gasteiger charge is -2.39. The lowest BCUT2D eigenvalue weighted by Crippen LogP contribution is -2.45. The predicted molar refractivity (Wildman–Crippen MR) is 62.1 cm³/mol. The zero-order valence-corrected chi connectivity index (χ0v) is 10.3.